The average Bonchev–Trinajstić information content (AvgIpc) is 3.55. The van der Waals surface area contributed by atoms with E-state index >= 15 is 0 Å². The third kappa shape index (κ3) is 3.93. The van der Waals surface area contributed by atoms with Crippen LogP contribution in [0.5, 0.6) is 0 Å². The minimum atomic E-state index is -0.203. The second-order valence-electron chi connectivity index (χ2n) is 9.67. The molecule has 0 N–H and O–H groups in total. The van der Waals surface area contributed by atoms with Crippen LogP contribution in [0, 0.1) is 0 Å². The van der Waals surface area contributed by atoms with Crippen LogP contribution in [-0.2, 0) is 0 Å². The smallest absolute Gasteiger partial charge is 0.261 e. The summed E-state index contributed by atoms with van der Waals surface area (Å²) in [6.45, 7) is 4.44. The van der Waals surface area contributed by atoms with E-state index in [9.17, 15) is 9.59 Å². The van der Waals surface area contributed by atoms with E-state index in [2.05, 4.69) is 35.8 Å². The van der Waals surface area contributed by atoms with Gasteiger partial charge >= 0.3 is 0 Å². The van der Waals surface area contributed by atoms with Crippen molar-refractivity contribution in [2.45, 2.75) is 44.7 Å². The summed E-state index contributed by atoms with van der Waals surface area (Å²) in [5.41, 5.74) is 2.10. The predicted molar refractivity (Wildman–Crippen MR) is 133 cm³/mol. The Morgan fingerprint density at radius 1 is 0.971 bits per heavy atom. The molecule has 1 aliphatic carbocycles. The number of imide groups is 1. The van der Waals surface area contributed by atoms with Crippen LogP contribution < -0.4 is 0 Å². The van der Waals surface area contributed by atoms with Gasteiger partial charge in [0, 0.05) is 59.5 Å². The van der Waals surface area contributed by atoms with Gasteiger partial charge in [-0.3, -0.25) is 14.5 Å². The molecule has 5 rings (SSSR count). The van der Waals surface area contributed by atoms with Gasteiger partial charge in [0.25, 0.3) is 11.8 Å². The van der Waals surface area contributed by atoms with Crippen molar-refractivity contribution in [1.82, 2.24) is 24.3 Å². The quantitative estimate of drug-likeness (QED) is 0.480. The van der Waals surface area contributed by atoms with Gasteiger partial charge in [-0.05, 0) is 64.5 Å². The molecule has 34 heavy (non-hydrogen) atoms. The van der Waals surface area contributed by atoms with Crippen molar-refractivity contribution in [3.05, 3.63) is 60.2 Å². The number of likely N-dealkylation sites (N-methyl/N-ethyl adjacent to an activating group) is 1. The summed E-state index contributed by atoms with van der Waals surface area (Å²) < 4.78 is 1.91. The van der Waals surface area contributed by atoms with Gasteiger partial charge in [0.05, 0.1) is 12.0 Å². The highest BCUT2D eigenvalue weighted by Crippen LogP contribution is 2.34. The Balaban J connectivity index is 1.33. The Morgan fingerprint density at radius 2 is 1.68 bits per heavy atom. The molecular weight excluding hydrogens is 426 g/mol. The number of hydrogen-bond acceptors (Lipinski definition) is 5. The van der Waals surface area contributed by atoms with E-state index in [0.717, 1.165) is 35.8 Å². The summed E-state index contributed by atoms with van der Waals surface area (Å²) >= 11 is 0. The molecule has 178 valence electrons. The van der Waals surface area contributed by atoms with Gasteiger partial charge in [-0.25, -0.2) is 4.98 Å². The molecule has 1 aromatic heterocycles. The Kier molecular flexibility index (Phi) is 6.23. The summed E-state index contributed by atoms with van der Waals surface area (Å²) in [4.78, 5) is 37.2. The molecular formula is C27H33N5O2. The minimum Gasteiger partial charge on any atom is -0.306 e. The van der Waals surface area contributed by atoms with Gasteiger partial charge in [-0.15, -0.1) is 0 Å². The molecule has 0 bridgehead atoms. The maximum atomic E-state index is 13.4. The van der Waals surface area contributed by atoms with Gasteiger partial charge in [0.15, 0.2) is 0 Å². The molecule has 7 heteroatoms. The van der Waals surface area contributed by atoms with Crippen LogP contribution in [0.3, 0.4) is 0 Å². The number of amides is 2. The van der Waals surface area contributed by atoms with Gasteiger partial charge < -0.3 is 14.4 Å². The number of carbonyl (C=O) groups is 2. The second-order valence-corrected chi connectivity index (χ2v) is 9.67. The molecule has 2 unspecified atom stereocenters. The Labute approximate surface area is 201 Å². The molecule has 2 aromatic carbocycles. The largest absolute Gasteiger partial charge is 0.306 e. The van der Waals surface area contributed by atoms with Crippen LogP contribution >= 0.6 is 0 Å². The summed E-state index contributed by atoms with van der Waals surface area (Å²) in [6, 6.07) is 10.6. The number of aromatic nitrogens is 2. The highest BCUT2D eigenvalue weighted by Gasteiger charge is 2.35. The number of carbonyl (C=O) groups excluding carboxylic acids is 2. The lowest BCUT2D eigenvalue weighted by molar-refractivity contribution is 0.0588. The van der Waals surface area contributed by atoms with Crippen molar-refractivity contribution in [2.24, 2.45) is 0 Å². The van der Waals surface area contributed by atoms with E-state index in [0.29, 0.717) is 36.3 Å². The van der Waals surface area contributed by atoms with E-state index < -0.39 is 0 Å². The van der Waals surface area contributed by atoms with Crippen LogP contribution in [0.15, 0.2) is 49.1 Å². The van der Waals surface area contributed by atoms with Crippen molar-refractivity contribution >= 4 is 22.6 Å². The Hall–Kier alpha value is -3.03. The first-order valence-electron chi connectivity index (χ1n) is 12.3. The van der Waals surface area contributed by atoms with Crippen molar-refractivity contribution in [3.63, 3.8) is 0 Å². The van der Waals surface area contributed by atoms with Gasteiger partial charge in [-0.2, -0.15) is 0 Å². The molecule has 1 saturated carbocycles. The van der Waals surface area contributed by atoms with Crippen LogP contribution in [0.1, 0.15) is 53.3 Å². The maximum absolute atomic E-state index is 13.4. The molecule has 7 nitrogen and oxygen atoms in total. The lowest BCUT2D eigenvalue weighted by Crippen LogP contribution is -2.45. The summed E-state index contributed by atoms with van der Waals surface area (Å²) in [5.74, 6) is -0.405. The van der Waals surface area contributed by atoms with Gasteiger partial charge in [-0.1, -0.05) is 19.1 Å². The molecule has 2 heterocycles. The van der Waals surface area contributed by atoms with E-state index in [4.69, 9.17) is 0 Å². The summed E-state index contributed by atoms with van der Waals surface area (Å²) in [6.07, 6.45) is 10.0. The Morgan fingerprint density at radius 3 is 2.35 bits per heavy atom. The zero-order chi connectivity index (χ0) is 23.8. The zero-order valence-corrected chi connectivity index (χ0v) is 20.3. The van der Waals surface area contributed by atoms with Crippen molar-refractivity contribution < 1.29 is 9.59 Å². The van der Waals surface area contributed by atoms with Crippen LogP contribution in [0.25, 0.3) is 16.5 Å². The normalized spacial score (nSPS) is 20.3. The Bertz CT molecular complexity index is 1180. The van der Waals surface area contributed by atoms with Gasteiger partial charge in [0.2, 0.25) is 0 Å². The SMILES string of the molecule is CCCN(C)C1CCC(N(C)CCN2C(=O)c3cccc4c(-n5ccnc5)ccc(c34)C2=O)C1. The highest BCUT2D eigenvalue weighted by molar-refractivity contribution is 6.26. The summed E-state index contributed by atoms with van der Waals surface area (Å²) in [5, 5.41) is 1.63. The lowest BCUT2D eigenvalue weighted by Gasteiger charge is -2.31. The second kappa shape index (κ2) is 9.31. The molecule has 1 aliphatic heterocycles. The fraction of sp³-hybridized carbons (Fsp3) is 0.444. The summed E-state index contributed by atoms with van der Waals surface area (Å²) in [7, 11) is 4.34. The molecule has 1 fully saturated rings. The molecule has 2 aliphatic rings. The van der Waals surface area contributed by atoms with E-state index in [1.165, 1.54) is 17.7 Å². The predicted octanol–water partition coefficient (Wildman–Crippen LogP) is 3.82. The minimum absolute atomic E-state index is 0.203. The third-order valence-electron chi connectivity index (χ3n) is 7.63. The first kappa shape index (κ1) is 22.7. The molecule has 2 atom stereocenters. The average molecular weight is 460 g/mol. The van der Waals surface area contributed by atoms with E-state index in [-0.39, 0.29) is 11.8 Å². The van der Waals surface area contributed by atoms with Crippen molar-refractivity contribution in [1.29, 1.82) is 0 Å². The van der Waals surface area contributed by atoms with E-state index in [1.807, 2.05) is 41.1 Å². The van der Waals surface area contributed by atoms with Crippen molar-refractivity contribution in [2.75, 3.05) is 33.7 Å². The lowest BCUT2D eigenvalue weighted by atomic mass is 9.93. The highest BCUT2D eigenvalue weighted by atomic mass is 16.2. The maximum Gasteiger partial charge on any atom is 0.261 e. The fourth-order valence-electron chi connectivity index (χ4n) is 5.67. The third-order valence-corrected chi connectivity index (χ3v) is 7.63. The number of nitrogens with zero attached hydrogens (tertiary/aromatic N) is 5. The number of hydrogen-bond donors (Lipinski definition) is 0. The molecule has 0 spiro atoms. The first-order chi connectivity index (χ1) is 16.5. The topological polar surface area (TPSA) is 61.7 Å². The van der Waals surface area contributed by atoms with Crippen LogP contribution in [0.4, 0.5) is 0 Å². The monoisotopic (exact) mass is 459 g/mol. The van der Waals surface area contributed by atoms with Crippen molar-refractivity contribution in [3.8, 4) is 5.69 Å². The van der Waals surface area contributed by atoms with Crippen LogP contribution in [0.2, 0.25) is 0 Å². The first-order valence-corrected chi connectivity index (χ1v) is 12.3. The molecule has 2 amide bonds. The molecule has 0 saturated heterocycles. The fourth-order valence-corrected chi connectivity index (χ4v) is 5.67. The van der Waals surface area contributed by atoms with Gasteiger partial charge in [0.1, 0.15) is 0 Å². The molecule has 0 radical (unpaired) electrons. The number of rotatable bonds is 8. The van der Waals surface area contributed by atoms with E-state index in [1.54, 1.807) is 12.5 Å². The standard InChI is InChI=1S/C27H33N5O2/c1-4-13-29(2)19-8-9-20(17-19)30(3)15-16-32-26(33)22-7-5-6-21-24(31-14-12-28-18-31)11-10-23(25(21)22)27(32)34/h5-7,10-12,14,18-20H,4,8-9,13,15-17H2,1-3H3. The molecule has 3 aromatic rings. The zero-order valence-electron chi connectivity index (χ0n) is 20.3. The van der Waals surface area contributed by atoms with Crippen LogP contribution in [-0.4, -0.2) is 81.9 Å². The number of imidazole rings is 1. The number of benzene rings is 2.